The number of nitrogens with zero attached hydrogens (tertiary/aromatic N) is 2. The SMILES string of the molecule is C=CCN1C(=O)/C(=C/c2ccc(OCCCCCCCCC)c(OC)c2)SC1=NS(=O)(=O)c1ccc(C)cc1. The predicted molar refractivity (Wildman–Crippen MR) is 160 cm³/mol. The first kappa shape index (κ1) is 30.5. The molecule has 0 bridgehead atoms. The van der Waals surface area contributed by atoms with E-state index >= 15 is 0 Å². The zero-order valence-corrected chi connectivity index (χ0v) is 24.7. The molecule has 7 nitrogen and oxygen atoms in total. The molecule has 1 aliphatic heterocycles. The number of hydrogen-bond acceptors (Lipinski definition) is 6. The molecule has 1 amide bonds. The zero-order valence-electron chi connectivity index (χ0n) is 23.0. The van der Waals surface area contributed by atoms with Gasteiger partial charge in [-0.25, -0.2) is 0 Å². The highest BCUT2D eigenvalue weighted by atomic mass is 32.2. The first-order valence-electron chi connectivity index (χ1n) is 13.3. The fourth-order valence-corrected chi connectivity index (χ4v) is 6.21. The average Bonchev–Trinajstić information content (AvgIpc) is 3.19. The van der Waals surface area contributed by atoms with Crippen molar-refractivity contribution in [3.8, 4) is 11.5 Å². The van der Waals surface area contributed by atoms with E-state index in [1.54, 1.807) is 31.4 Å². The van der Waals surface area contributed by atoms with Gasteiger partial charge < -0.3 is 9.47 Å². The summed E-state index contributed by atoms with van der Waals surface area (Å²) in [7, 11) is -2.41. The molecule has 2 aromatic carbocycles. The molecule has 0 saturated carbocycles. The summed E-state index contributed by atoms with van der Waals surface area (Å²) >= 11 is 1.02. The van der Waals surface area contributed by atoms with Crippen LogP contribution in [0.3, 0.4) is 0 Å². The van der Waals surface area contributed by atoms with E-state index in [9.17, 15) is 13.2 Å². The van der Waals surface area contributed by atoms with Crippen LogP contribution >= 0.6 is 11.8 Å². The minimum Gasteiger partial charge on any atom is -0.493 e. The van der Waals surface area contributed by atoms with E-state index in [2.05, 4.69) is 17.9 Å². The van der Waals surface area contributed by atoms with Crippen molar-refractivity contribution in [3.63, 3.8) is 0 Å². The predicted octanol–water partition coefficient (Wildman–Crippen LogP) is 6.98. The summed E-state index contributed by atoms with van der Waals surface area (Å²) in [6.45, 7) is 8.54. The second kappa shape index (κ2) is 14.9. The number of hydrogen-bond donors (Lipinski definition) is 0. The number of amides is 1. The van der Waals surface area contributed by atoms with E-state index in [1.807, 2.05) is 19.1 Å². The lowest BCUT2D eigenvalue weighted by Gasteiger charge is -2.12. The lowest BCUT2D eigenvalue weighted by atomic mass is 10.1. The quantitative estimate of drug-likeness (QED) is 0.130. The maximum Gasteiger partial charge on any atom is 0.284 e. The summed E-state index contributed by atoms with van der Waals surface area (Å²) in [5.74, 6) is 0.883. The van der Waals surface area contributed by atoms with Crippen molar-refractivity contribution in [1.82, 2.24) is 4.90 Å². The number of benzene rings is 2. The van der Waals surface area contributed by atoms with Gasteiger partial charge in [-0.05, 0) is 61.0 Å². The van der Waals surface area contributed by atoms with Crippen LogP contribution in [0.1, 0.15) is 63.0 Å². The summed E-state index contributed by atoms with van der Waals surface area (Å²) < 4.78 is 41.3. The molecule has 210 valence electrons. The van der Waals surface area contributed by atoms with Crippen LogP contribution in [0.25, 0.3) is 6.08 Å². The molecule has 0 radical (unpaired) electrons. The number of unbranched alkanes of at least 4 members (excludes halogenated alkanes) is 6. The van der Waals surface area contributed by atoms with Crippen molar-refractivity contribution < 1.29 is 22.7 Å². The van der Waals surface area contributed by atoms with Gasteiger partial charge in [0.25, 0.3) is 15.9 Å². The Kier molecular flexibility index (Phi) is 11.7. The molecular weight excluding hydrogens is 532 g/mol. The molecule has 0 N–H and O–H groups in total. The fraction of sp³-hybridized carbons (Fsp3) is 0.400. The van der Waals surface area contributed by atoms with E-state index in [0.717, 1.165) is 35.7 Å². The minimum atomic E-state index is -3.99. The first-order chi connectivity index (χ1) is 18.8. The second-order valence-electron chi connectivity index (χ2n) is 9.36. The van der Waals surface area contributed by atoms with Crippen molar-refractivity contribution in [2.24, 2.45) is 4.40 Å². The van der Waals surface area contributed by atoms with Gasteiger partial charge >= 0.3 is 0 Å². The molecule has 39 heavy (non-hydrogen) atoms. The summed E-state index contributed by atoms with van der Waals surface area (Å²) in [6, 6.07) is 11.9. The largest absolute Gasteiger partial charge is 0.493 e. The van der Waals surface area contributed by atoms with Crippen LogP contribution in [0.2, 0.25) is 0 Å². The lowest BCUT2D eigenvalue weighted by molar-refractivity contribution is -0.121. The Hall–Kier alpha value is -3.04. The van der Waals surface area contributed by atoms with Crippen LogP contribution in [0, 0.1) is 6.92 Å². The standard InChI is InChI=1S/C30H38N2O5S2/c1-5-7-8-9-10-11-12-20-37-26-18-15-24(21-27(26)36-4)22-28-29(33)32(19-6-2)30(38-28)31-39(34,35)25-16-13-23(3)14-17-25/h6,13-18,21-22H,2,5,7-12,19-20H2,1,3-4H3/b28-22-,31-30?. The molecule has 0 aromatic heterocycles. The van der Waals surface area contributed by atoms with E-state index in [-0.39, 0.29) is 22.5 Å². The van der Waals surface area contributed by atoms with E-state index in [0.29, 0.717) is 23.0 Å². The van der Waals surface area contributed by atoms with E-state index in [1.165, 1.54) is 55.2 Å². The van der Waals surface area contributed by atoms with Gasteiger partial charge in [-0.1, -0.05) is 75.3 Å². The van der Waals surface area contributed by atoms with Crippen LogP contribution in [-0.2, 0) is 14.8 Å². The molecule has 1 saturated heterocycles. The molecule has 9 heteroatoms. The molecule has 0 atom stereocenters. The molecule has 1 aliphatic rings. The Bertz CT molecular complexity index is 1300. The number of carbonyl (C=O) groups is 1. The van der Waals surface area contributed by atoms with Gasteiger partial charge in [-0.2, -0.15) is 8.42 Å². The maximum absolute atomic E-state index is 13.1. The number of aryl methyl sites for hydroxylation is 1. The van der Waals surface area contributed by atoms with Crippen LogP contribution in [0.15, 0.2) is 69.3 Å². The molecule has 1 heterocycles. The van der Waals surface area contributed by atoms with E-state index in [4.69, 9.17) is 9.47 Å². The highest BCUT2D eigenvalue weighted by Gasteiger charge is 2.34. The average molecular weight is 571 g/mol. The van der Waals surface area contributed by atoms with Gasteiger partial charge in [0, 0.05) is 6.54 Å². The van der Waals surface area contributed by atoms with Gasteiger partial charge in [0.2, 0.25) is 0 Å². The van der Waals surface area contributed by atoms with Crippen molar-refractivity contribution in [1.29, 1.82) is 0 Å². The number of ether oxygens (including phenoxy) is 2. The summed E-state index contributed by atoms with van der Waals surface area (Å²) in [4.78, 5) is 14.9. The highest BCUT2D eigenvalue weighted by Crippen LogP contribution is 2.35. The summed E-state index contributed by atoms with van der Waals surface area (Å²) in [5.41, 5.74) is 1.67. The first-order valence-corrected chi connectivity index (χ1v) is 15.6. The molecule has 3 rings (SSSR count). The third-order valence-corrected chi connectivity index (χ3v) is 8.61. The lowest BCUT2D eigenvalue weighted by Crippen LogP contribution is -2.29. The molecule has 1 fully saturated rings. The Morgan fingerprint density at radius 1 is 1.00 bits per heavy atom. The van der Waals surface area contributed by atoms with Crippen LogP contribution in [0.5, 0.6) is 11.5 Å². The van der Waals surface area contributed by atoms with Gasteiger partial charge in [-0.3, -0.25) is 9.69 Å². The Morgan fingerprint density at radius 2 is 1.69 bits per heavy atom. The summed E-state index contributed by atoms with van der Waals surface area (Å²) in [5, 5.41) is 0.0911. The van der Waals surface area contributed by atoms with Crippen LogP contribution in [-0.4, -0.2) is 44.7 Å². The third-order valence-electron chi connectivity index (χ3n) is 6.21. The topological polar surface area (TPSA) is 85.3 Å². The van der Waals surface area contributed by atoms with Crippen LogP contribution in [0.4, 0.5) is 0 Å². The molecule has 0 spiro atoms. The number of thioether (sulfide) groups is 1. The Balaban J connectivity index is 1.72. The minimum absolute atomic E-state index is 0.0708. The maximum atomic E-state index is 13.1. The van der Waals surface area contributed by atoms with Crippen LogP contribution < -0.4 is 9.47 Å². The van der Waals surface area contributed by atoms with E-state index < -0.39 is 10.0 Å². The van der Waals surface area contributed by atoms with Gasteiger partial charge in [0.15, 0.2) is 16.7 Å². The molecular formula is C30H38N2O5S2. The molecule has 0 aliphatic carbocycles. The number of carbonyl (C=O) groups excluding carboxylic acids is 1. The number of rotatable bonds is 15. The monoisotopic (exact) mass is 570 g/mol. The number of sulfonamides is 1. The number of amidine groups is 1. The van der Waals surface area contributed by atoms with Crippen molar-refractivity contribution in [2.75, 3.05) is 20.3 Å². The van der Waals surface area contributed by atoms with Crippen molar-refractivity contribution in [2.45, 2.75) is 63.7 Å². The Labute approximate surface area is 237 Å². The molecule has 2 aromatic rings. The van der Waals surface area contributed by atoms with Crippen molar-refractivity contribution >= 4 is 38.9 Å². The fourth-order valence-electron chi connectivity index (χ4n) is 4.02. The second-order valence-corrected chi connectivity index (χ2v) is 12.0. The zero-order chi connectivity index (χ0) is 28.3. The van der Waals surface area contributed by atoms with Gasteiger partial charge in [0.1, 0.15) is 0 Å². The Morgan fingerprint density at radius 3 is 2.36 bits per heavy atom. The smallest absolute Gasteiger partial charge is 0.284 e. The highest BCUT2D eigenvalue weighted by molar-refractivity contribution is 8.19. The van der Waals surface area contributed by atoms with Gasteiger partial charge in [-0.15, -0.1) is 11.0 Å². The number of methoxy groups -OCH3 is 1. The summed E-state index contributed by atoms with van der Waals surface area (Å²) in [6.07, 6.45) is 11.7. The third kappa shape index (κ3) is 8.73. The molecule has 0 unspecified atom stereocenters. The normalized spacial score (nSPS) is 15.8. The van der Waals surface area contributed by atoms with Gasteiger partial charge in [0.05, 0.1) is 23.5 Å². The van der Waals surface area contributed by atoms with Crippen molar-refractivity contribution in [3.05, 3.63) is 71.2 Å².